The lowest BCUT2D eigenvalue weighted by Gasteiger charge is -2.41. The summed E-state index contributed by atoms with van der Waals surface area (Å²) in [6, 6.07) is 9.74. The van der Waals surface area contributed by atoms with Gasteiger partial charge in [0.15, 0.2) is 10.1 Å². The van der Waals surface area contributed by atoms with Crippen molar-refractivity contribution in [1.29, 1.82) is 0 Å². The topological polar surface area (TPSA) is 63.2 Å². The Hall–Kier alpha value is -2.00. The summed E-state index contributed by atoms with van der Waals surface area (Å²) in [6.07, 6.45) is 1.41. The van der Waals surface area contributed by atoms with E-state index in [1.807, 2.05) is 41.1 Å². The number of carbonyl (C=O) groups is 2. The molecule has 3 heterocycles. The van der Waals surface area contributed by atoms with E-state index in [9.17, 15) is 9.59 Å². The van der Waals surface area contributed by atoms with Crippen LogP contribution in [0.3, 0.4) is 0 Å². The number of Topliss-reactive ketones (excluding diaryl/α,β-unsaturated/α-hetero) is 1. The number of halogens is 1. The molecule has 3 aromatic rings. The zero-order valence-corrected chi connectivity index (χ0v) is 21.4. The molecular formula is C24H22ClN3O2S3. The van der Waals surface area contributed by atoms with Gasteiger partial charge in [0, 0.05) is 40.8 Å². The molecule has 0 radical (unpaired) electrons. The van der Waals surface area contributed by atoms with Crippen LogP contribution in [0.15, 0.2) is 56.7 Å². The third-order valence-electron chi connectivity index (χ3n) is 5.98. The number of hydrogen-bond donors (Lipinski definition) is 0. The Morgan fingerprint density at radius 2 is 2.00 bits per heavy atom. The molecule has 5 nitrogen and oxygen atoms in total. The van der Waals surface area contributed by atoms with Gasteiger partial charge >= 0.3 is 0 Å². The molecule has 0 saturated carbocycles. The lowest BCUT2D eigenvalue weighted by Crippen LogP contribution is -2.43. The number of thioether (sulfide) groups is 1. The van der Waals surface area contributed by atoms with Crippen LogP contribution >= 0.6 is 46.0 Å². The predicted octanol–water partition coefficient (Wildman–Crippen LogP) is 6.71. The van der Waals surface area contributed by atoms with Crippen molar-refractivity contribution in [3.05, 3.63) is 68.5 Å². The van der Waals surface area contributed by atoms with Crippen molar-refractivity contribution in [1.82, 2.24) is 10.2 Å². The Morgan fingerprint density at radius 1 is 1.18 bits per heavy atom. The first kappa shape index (κ1) is 22.8. The van der Waals surface area contributed by atoms with Crippen LogP contribution in [0.1, 0.15) is 50.2 Å². The summed E-state index contributed by atoms with van der Waals surface area (Å²) in [5.41, 5.74) is 3.42. The van der Waals surface area contributed by atoms with Gasteiger partial charge in [0.1, 0.15) is 0 Å². The van der Waals surface area contributed by atoms with Gasteiger partial charge in [0.25, 0.3) is 0 Å². The Balaban J connectivity index is 1.48. The molecule has 0 spiro atoms. The van der Waals surface area contributed by atoms with Crippen molar-refractivity contribution >= 4 is 62.9 Å². The van der Waals surface area contributed by atoms with Gasteiger partial charge in [0.2, 0.25) is 11.0 Å². The quantitative estimate of drug-likeness (QED) is 0.279. The number of hydrogen-bond acceptors (Lipinski definition) is 7. The Bertz CT molecular complexity index is 1250. The number of carbonyl (C=O) groups excluding carboxylic acids is 2. The maximum Gasteiger partial charge on any atom is 0.234 e. The van der Waals surface area contributed by atoms with Crippen molar-refractivity contribution in [2.75, 3.05) is 4.90 Å². The molecule has 0 bridgehead atoms. The molecule has 0 N–H and O–H groups in total. The minimum absolute atomic E-state index is 0.0331. The number of anilines is 1. The van der Waals surface area contributed by atoms with Gasteiger partial charge in [-0.05, 0) is 45.9 Å². The highest BCUT2D eigenvalue weighted by Crippen LogP contribution is 2.49. The third-order valence-corrected chi connectivity index (χ3v) is 9.15. The molecule has 170 valence electrons. The zero-order chi connectivity index (χ0) is 23.2. The Kier molecular flexibility index (Phi) is 6.20. The van der Waals surface area contributed by atoms with E-state index in [4.69, 9.17) is 11.6 Å². The van der Waals surface area contributed by atoms with E-state index in [1.54, 1.807) is 28.0 Å². The molecule has 1 amide bonds. The molecule has 5 rings (SSSR count). The third kappa shape index (κ3) is 4.54. The summed E-state index contributed by atoms with van der Waals surface area (Å²) < 4.78 is 0.765. The number of nitrogens with zero attached hydrogens (tertiary/aromatic N) is 3. The number of thiophene rings is 1. The normalized spacial score (nSPS) is 20.3. The summed E-state index contributed by atoms with van der Waals surface area (Å²) >= 11 is 10.8. The smallest absolute Gasteiger partial charge is 0.234 e. The molecule has 33 heavy (non-hydrogen) atoms. The van der Waals surface area contributed by atoms with Crippen molar-refractivity contribution in [3.63, 3.8) is 0 Å². The van der Waals surface area contributed by atoms with Crippen LogP contribution in [0.25, 0.3) is 0 Å². The molecule has 2 aliphatic rings. The van der Waals surface area contributed by atoms with E-state index >= 15 is 0 Å². The Morgan fingerprint density at radius 3 is 2.76 bits per heavy atom. The first-order valence-electron chi connectivity index (χ1n) is 10.6. The molecule has 1 aromatic carbocycles. The van der Waals surface area contributed by atoms with Gasteiger partial charge in [-0.25, -0.2) is 0 Å². The molecule has 9 heteroatoms. The fourth-order valence-electron chi connectivity index (χ4n) is 4.50. The fourth-order valence-corrected chi connectivity index (χ4v) is 7.39. The van der Waals surface area contributed by atoms with E-state index < -0.39 is 0 Å². The second kappa shape index (κ2) is 8.98. The average Bonchev–Trinajstić information content (AvgIpc) is 3.44. The van der Waals surface area contributed by atoms with Crippen molar-refractivity contribution in [2.24, 2.45) is 5.41 Å². The van der Waals surface area contributed by atoms with E-state index in [0.29, 0.717) is 23.7 Å². The largest absolute Gasteiger partial charge is 0.294 e. The highest BCUT2D eigenvalue weighted by molar-refractivity contribution is 8.00. The molecule has 1 aliphatic carbocycles. The van der Waals surface area contributed by atoms with Crippen LogP contribution in [0.5, 0.6) is 0 Å². The number of ketones is 1. The summed E-state index contributed by atoms with van der Waals surface area (Å²) in [7, 11) is 0. The zero-order valence-electron chi connectivity index (χ0n) is 18.2. The van der Waals surface area contributed by atoms with Crippen LogP contribution < -0.4 is 4.90 Å². The standard InChI is InChI=1S/C24H22ClN3O2S3/c1-24(2)10-18-21(19(29)11-24)16(14-7-8-31-12-14)9-20(30)28(18)22-26-27-23(33-22)32-13-15-5-3-4-6-17(15)25/h3-8,12,16H,9-11,13H2,1-2H3/t16-/m1/s1. The highest BCUT2D eigenvalue weighted by atomic mass is 35.5. The van der Waals surface area contributed by atoms with Crippen molar-refractivity contribution < 1.29 is 9.59 Å². The lowest BCUT2D eigenvalue weighted by atomic mass is 9.69. The second-order valence-electron chi connectivity index (χ2n) is 9.07. The number of rotatable bonds is 5. The van der Waals surface area contributed by atoms with E-state index in [-0.39, 0.29) is 29.4 Å². The van der Waals surface area contributed by atoms with Crippen molar-refractivity contribution in [3.8, 4) is 0 Å². The minimum atomic E-state index is -0.211. The maximum atomic E-state index is 13.4. The summed E-state index contributed by atoms with van der Waals surface area (Å²) in [6.45, 7) is 4.16. The molecule has 0 fully saturated rings. The second-order valence-corrected chi connectivity index (χ2v) is 12.4. The number of benzene rings is 1. The van der Waals surface area contributed by atoms with Gasteiger partial charge in [-0.1, -0.05) is 66.7 Å². The number of allylic oxidation sites excluding steroid dienone is 2. The minimum Gasteiger partial charge on any atom is -0.294 e. The van der Waals surface area contributed by atoms with Crippen LogP contribution in [-0.2, 0) is 15.3 Å². The highest BCUT2D eigenvalue weighted by Gasteiger charge is 2.45. The first-order valence-corrected chi connectivity index (χ1v) is 13.8. The van der Waals surface area contributed by atoms with E-state index in [0.717, 1.165) is 31.8 Å². The summed E-state index contributed by atoms with van der Waals surface area (Å²) in [5, 5.41) is 14.0. The first-order chi connectivity index (χ1) is 15.8. The number of amides is 1. The number of aromatic nitrogens is 2. The molecule has 1 atom stereocenters. The summed E-state index contributed by atoms with van der Waals surface area (Å²) in [5.74, 6) is 0.588. The molecule has 2 aromatic heterocycles. The van der Waals surface area contributed by atoms with Crippen LogP contribution in [0, 0.1) is 5.41 Å². The average molecular weight is 516 g/mol. The lowest BCUT2D eigenvalue weighted by molar-refractivity contribution is -0.121. The van der Waals surface area contributed by atoms with Gasteiger partial charge in [-0.2, -0.15) is 11.3 Å². The maximum absolute atomic E-state index is 13.4. The fraction of sp³-hybridized carbons (Fsp3) is 0.333. The van der Waals surface area contributed by atoms with Gasteiger partial charge in [0.05, 0.1) is 0 Å². The van der Waals surface area contributed by atoms with Crippen LogP contribution in [0.2, 0.25) is 5.02 Å². The SMILES string of the molecule is CC1(C)CC(=O)C2=C(C1)N(c1nnc(SCc3ccccc3Cl)s1)C(=O)C[C@@H]2c1ccsc1. The molecule has 1 aliphatic heterocycles. The predicted molar refractivity (Wildman–Crippen MR) is 135 cm³/mol. The molecule has 0 unspecified atom stereocenters. The van der Waals surface area contributed by atoms with Crippen molar-refractivity contribution in [2.45, 2.75) is 49.1 Å². The van der Waals surface area contributed by atoms with E-state index in [2.05, 4.69) is 24.0 Å². The van der Waals surface area contributed by atoms with Crippen LogP contribution in [-0.4, -0.2) is 21.9 Å². The molecular weight excluding hydrogens is 494 g/mol. The monoisotopic (exact) mass is 515 g/mol. The summed E-state index contributed by atoms with van der Waals surface area (Å²) in [4.78, 5) is 28.4. The molecule has 0 saturated heterocycles. The van der Waals surface area contributed by atoms with Gasteiger partial charge in [-0.3, -0.25) is 14.5 Å². The van der Waals surface area contributed by atoms with Gasteiger partial charge in [-0.15, -0.1) is 10.2 Å². The van der Waals surface area contributed by atoms with Crippen LogP contribution in [0.4, 0.5) is 5.13 Å². The van der Waals surface area contributed by atoms with E-state index in [1.165, 1.54) is 11.3 Å². The van der Waals surface area contributed by atoms with Gasteiger partial charge < -0.3 is 0 Å². The Labute approximate surface area is 209 Å².